The van der Waals surface area contributed by atoms with Gasteiger partial charge in [0.05, 0.1) is 11.4 Å². The van der Waals surface area contributed by atoms with Crippen LogP contribution in [0.5, 0.6) is 0 Å². The van der Waals surface area contributed by atoms with E-state index in [0.717, 1.165) is 11.1 Å². The Balaban J connectivity index is 1.62. The predicted octanol–water partition coefficient (Wildman–Crippen LogP) is 4.01. The van der Waals surface area contributed by atoms with Crippen LogP contribution in [-0.4, -0.2) is 16.6 Å². The second-order valence-electron chi connectivity index (χ2n) is 4.77. The second-order valence-corrected chi connectivity index (χ2v) is 5.69. The number of rotatable bonds is 4. The Morgan fingerprint density at radius 3 is 2.91 bits per heavy atom. The number of carbonyl (C=O) groups is 1. The van der Waals surface area contributed by atoms with Crippen molar-refractivity contribution in [2.24, 2.45) is 0 Å². The standard InChI is InChI=1S/C16H13FN2O2S/c1-10-6-7-12(11(17)8-10)18-15(20)9-22-16-19-13-4-2-3-5-14(13)21-16/h2-8H,9H2,1H3,(H,18,20). The van der Waals surface area contributed by atoms with Gasteiger partial charge < -0.3 is 9.73 Å². The predicted molar refractivity (Wildman–Crippen MR) is 84.5 cm³/mol. The highest BCUT2D eigenvalue weighted by atomic mass is 32.2. The number of aryl methyl sites for hydroxylation is 1. The molecule has 0 saturated heterocycles. The lowest BCUT2D eigenvalue weighted by molar-refractivity contribution is -0.113. The summed E-state index contributed by atoms with van der Waals surface area (Å²) in [6, 6.07) is 12.0. The first-order valence-corrected chi connectivity index (χ1v) is 7.65. The molecule has 0 saturated carbocycles. The molecule has 4 nitrogen and oxygen atoms in total. The fourth-order valence-corrected chi connectivity index (χ4v) is 2.59. The van der Waals surface area contributed by atoms with E-state index in [2.05, 4.69) is 10.3 Å². The molecule has 0 radical (unpaired) electrons. The lowest BCUT2D eigenvalue weighted by Gasteiger charge is -2.05. The summed E-state index contributed by atoms with van der Waals surface area (Å²) in [6.45, 7) is 1.79. The van der Waals surface area contributed by atoms with E-state index in [9.17, 15) is 9.18 Å². The van der Waals surface area contributed by atoms with Gasteiger partial charge in [0.1, 0.15) is 11.3 Å². The fraction of sp³-hybridized carbons (Fsp3) is 0.125. The van der Waals surface area contributed by atoms with Gasteiger partial charge in [0.2, 0.25) is 5.91 Å². The number of oxazole rings is 1. The quantitative estimate of drug-likeness (QED) is 0.739. The SMILES string of the molecule is Cc1ccc(NC(=O)CSc2nc3ccccc3o2)c(F)c1. The van der Waals surface area contributed by atoms with Crippen LogP contribution in [0.2, 0.25) is 0 Å². The number of anilines is 1. The Hall–Kier alpha value is -2.34. The number of thioether (sulfide) groups is 1. The van der Waals surface area contributed by atoms with E-state index in [1.165, 1.54) is 17.8 Å². The largest absolute Gasteiger partial charge is 0.431 e. The maximum Gasteiger partial charge on any atom is 0.257 e. The van der Waals surface area contributed by atoms with Crippen LogP contribution in [0.1, 0.15) is 5.56 Å². The van der Waals surface area contributed by atoms with Crippen molar-refractivity contribution in [1.29, 1.82) is 0 Å². The number of benzene rings is 2. The van der Waals surface area contributed by atoms with Gasteiger partial charge in [-0.3, -0.25) is 4.79 Å². The van der Waals surface area contributed by atoms with Gasteiger partial charge in [0.25, 0.3) is 5.22 Å². The molecule has 0 fully saturated rings. The van der Waals surface area contributed by atoms with E-state index < -0.39 is 5.82 Å². The Morgan fingerprint density at radius 1 is 1.32 bits per heavy atom. The molecule has 0 aliphatic heterocycles. The van der Waals surface area contributed by atoms with Crippen molar-refractivity contribution in [2.75, 3.05) is 11.1 Å². The number of halogens is 1. The molecule has 0 unspecified atom stereocenters. The number of amides is 1. The van der Waals surface area contributed by atoms with E-state index in [-0.39, 0.29) is 17.3 Å². The zero-order valence-corrected chi connectivity index (χ0v) is 12.6. The smallest absolute Gasteiger partial charge is 0.257 e. The second kappa shape index (κ2) is 6.19. The number of fused-ring (bicyclic) bond motifs is 1. The number of hydrogen-bond donors (Lipinski definition) is 1. The molecule has 1 amide bonds. The van der Waals surface area contributed by atoms with E-state index in [1.54, 1.807) is 19.1 Å². The molecule has 2 aromatic carbocycles. The molecule has 1 heterocycles. The molecule has 3 rings (SSSR count). The molecule has 0 aliphatic carbocycles. The van der Waals surface area contributed by atoms with Crippen molar-refractivity contribution in [3.8, 4) is 0 Å². The molecule has 0 aliphatic rings. The highest BCUT2D eigenvalue weighted by Gasteiger charge is 2.11. The van der Waals surface area contributed by atoms with Gasteiger partial charge in [-0.25, -0.2) is 9.37 Å². The summed E-state index contributed by atoms with van der Waals surface area (Å²) >= 11 is 1.17. The minimum Gasteiger partial charge on any atom is -0.431 e. The molecule has 6 heteroatoms. The van der Waals surface area contributed by atoms with Crippen LogP contribution in [0.4, 0.5) is 10.1 Å². The summed E-state index contributed by atoms with van der Waals surface area (Å²) in [5, 5.41) is 2.95. The topological polar surface area (TPSA) is 55.1 Å². The van der Waals surface area contributed by atoms with Crippen LogP contribution in [0.15, 0.2) is 52.1 Å². The van der Waals surface area contributed by atoms with E-state index in [0.29, 0.717) is 10.8 Å². The van der Waals surface area contributed by atoms with Gasteiger partial charge >= 0.3 is 0 Å². The van der Waals surface area contributed by atoms with Gasteiger partial charge in [-0.05, 0) is 36.8 Å². The third-order valence-corrected chi connectivity index (χ3v) is 3.83. The fourth-order valence-electron chi connectivity index (χ4n) is 1.95. The molecule has 0 bridgehead atoms. The van der Waals surface area contributed by atoms with Crippen molar-refractivity contribution in [3.63, 3.8) is 0 Å². The zero-order valence-electron chi connectivity index (χ0n) is 11.8. The average Bonchev–Trinajstić information content (AvgIpc) is 2.91. The summed E-state index contributed by atoms with van der Waals surface area (Å²) < 4.78 is 19.2. The summed E-state index contributed by atoms with van der Waals surface area (Å²) in [6.07, 6.45) is 0. The number of para-hydroxylation sites is 2. The Morgan fingerprint density at radius 2 is 2.14 bits per heavy atom. The highest BCUT2D eigenvalue weighted by molar-refractivity contribution is 7.99. The van der Waals surface area contributed by atoms with E-state index in [4.69, 9.17) is 4.42 Å². The number of aromatic nitrogens is 1. The maximum absolute atomic E-state index is 13.7. The average molecular weight is 316 g/mol. The first-order valence-electron chi connectivity index (χ1n) is 6.66. The lowest BCUT2D eigenvalue weighted by Crippen LogP contribution is -2.15. The third-order valence-electron chi connectivity index (χ3n) is 3.00. The number of carbonyl (C=O) groups excluding carboxylic acids is 1. The summed E-state index contributed by atoms with van der Waals surface area (Å²) in [7, 11) is 0. The summed E-state index contributed by atoms with van der Waals surface area (Å²) in [4.78, 5) is 16.1. The van der Waals surface area contributed by atoms with Crippen LogP contribution < -0.4 is 5.32 Å². The van der Waals surface area contributed by atoms with Gasteiger partial charge in [0.15, 0.2) is 5.58 Å². The van der Waals surface area contributed by atoms with Crippen LogP contribution >= 0.6 is 11.8 Å². The Labute approximate surface area is 130 Å². The third kappa shape index (κ3) is 3.28. The summed E-state index contributed by atoms with van der Waals surface area (Å²) in [5.41, 5.74) is 2.40. The van der Waals surface area contributed by atoms with Crippen molar-refractivity contribution >= 4 is 34.5 Å². The van der Waals surface area contributed by atoms with Gasteiger partial charge in [-0.1, -0.05) is 30.0 Å². The highest BCUT2D eigenvalue weighted by Crippen LogP contribution is 2.23. The van der Waals surface area contributed by atoms with Crippen molar-refractivity contribution in [1.82, 2.24) is 4.98 Å². The number of hydrogen-bond acceptors (Lipinski definition) is 4. The molecule has 0 atom stereocenters. The van der Waals surface area contributed by atoms with Crippen LogP contribution in [0.3, 0.4) is 0 Å². The Kier molecular flexibility index (Phi) is 4.11. The van der Waals surface area contributed by atoms with Crippen molar-refractivity contribution in [2.45, 2.75) is 12.1 Å². The molecule has 1 aromatic heterocycles. The zero-order chi connectivity index (χ0) is 15.5. The van der Waals surface area contributed by atoms with Gasteiger partial charge in [-0.2, -0.15) is 0 Å². The maximum atomic E-state index is 13.7. The molecule has 0 spiro atoms. The van der Waals surface area contributed by atoms with E-state index in [1.807, 2.05) is 24.3 Å². The molecule has 22 heavy (non-hydrogen) atoms. The van der Waals surface area contributed by atoms with Crippen LogP contribution in [-0.2, 0) is 4.79 Å². The minimum absolute atomic E-state index is 0.0974. The Bertz CT molecular complexity index is 799. The van der Waals surface area contributed by atoms with E-state index >= 15 is 0 Å². The summed E-state index contributed by atoms with van der Waals surface area (Å²) in [5.74, 6) is -0.657. The van der Waals surface area contributed by atoms with Gasteiger partial charge in [-0.15, -0.1) is 0 Å². The first-order chi connectivity index (χ1) is 10.6. The molecular formula is C16H13FN2O2S. The molecule has 3 aromatic rings. The number of nitrogens with zero attached hydrogens (tertiary/aromatic N) is 1. The molecular weight excluding hydrogens is 303 g/mol. The molecule has 1 N–H and O–H groups in total. The minimum atomic E-state index is -0.444. The monoisotopic (exact) mass is 316 g/mol. The first kappa shape index (κ1) is 14.6. The normalized spacial score (nSPS) is 10.8. The van der Waals surface area contributed by atoms with Crippen molar-refractivity contribution < 1.29 is 13.6 Å². The van der Waals surface area contributed by atoms with Crippen LogP contribution in [0.25, 0.3) is 11.1 Å². The lowest BCUT2D eigenvalue weighted by atomic mass is 10.2. The van der Waals surface area contributed by atoms with Gasteiger partial charge in [0, 0.05) is 0 Å². The van der Waals surface area contributed by atoms with Crippen molar-refractivity contribution in [3.05, 3.63) is 53.8 Å². The van der Waals surface area contributed by atoms with Crippen LogP contribution in [0, 0.1) is 12.7 Å². The molecule has 112 valence electrons. The number of nitrogens with one attached hydrogen (secondary N) is 1.